The predicted octanol–water partition coefficient (Wildman–Crippen LogP) is -0.649. The second kappa shape index (κ2) is 6.33. The van der Waals surface area contributed by atoms with Gasteiger partial charge in [0.25, 0.3) is 0 Å². The molecule has 2 saturated heterocycles. The van der Waals surface area contributed by atoms with Crippen molar-refractivity contribution in [2.45, 2.75) is 44.6 Å². The molecule has 2 heterocycles. The summed E-state index contributed by atoms with van der Waals surface area (Å²) in [5.74, 6) is -0.748. The molecule has 3 atom stereocenters. The van der Waals surface area contributed by atoms with Crippen LogP contribution in [-0.2, 0) is 18.9 Å². The van der Waals surface area contributed by atoms with Crippen molar-refractivity contribution in [3.63, 3.8) is 0 Å². The average Bonchev–Trinajstić information content (AvgIpc) is 2.75. The zero-order valence-corrected chi connectivity index (χ0v) is 12.7. The Balaban J connectivity index is 2.13. The minimum absolute atomic E-state index is 0.0877. The van der Waals surface area contributed by atoms with Crippen LogP contribution in [0.4, 0.5) is 0 Å². The van der Waals surface area contributed by atoms with Crippen molar-refractivity contribution in [3.8, 4) is 0 Å². The average molecular weight is 297 g/mol. The molecule has 0 aromatic heterocycles. The molecule has 0 radical (unpaired) electrons. The zero-order chi connectivity index (χ0) is 15.6. The molecular formula is C13H24BN3O4. The number of nitrogens with zero attached hydrogens (tertiary/aromatic N) is 1. The highest BCUT2D eigenvalue weighted by atomic mass is 16.6. The van der Waals surface area contributed by atoms with E-state index in [2.05, 4.69) is 0 Å². The van der Waals surface area contributed by atoms with Crippen LogP contribution in [0.2, 0.25) is 6.32 Å². The Hall–Kier alpha value is -1.12. The number of amides is 1. The first-order chi connectivity index (χ1) is 9.88. The molecule has 0 spiro atoms. The molecule has 0 saturated carbocycles. The maximum atomic E-state index is 12.4. The van der Waals surface area contributed by atoms with Gasteiger partial charge in [-0.15, -0.1) is 0 Å². The number of nitrogens with two attached hydrogens (primary N) is 2. The molecule has 0 bridgehead atoms. The minimum atomic E-state index is -1.15. The van der Waals surface area contributed by atoms with Gasteiger partial charge in [0.15, 0.2) is 0 Å². The quantitative estimate of drug-likeness (QED) is 0.670. The maximum Gasteiger partial charge on any atom is 0.527 e. The highest BCUT2D eigenvalue weighted by molar-refractivity contribution is 6.47. The Labute approximate surface area is 125 Å². The molecule has 2 aliphatic rings. The van der Waals surface area contributed by atoms with Gasteiger partial charge in [-0.1, -0.05) is 6.42 Å². The Morgan fingerprint density at radius 3 is 3.00 bits per heavy atom. The van der Waals surface area contributed by atoms with Crippen molar-refractivity contribution in [2.75, 3.05) is 19.7 Å². The van der Waals surface area contributed by atoms with Crippen molar-refractivity contribution in [1.29, 1.82) is 0 Å². The third-order valence-corrected chi connectivity index (χ3v) is 4.29. The summed E-state index contributed by atoms with van der Waals surface area (Å²) in [6.45, 7) is 4.59. The van der Waals surface area contributed by atoms with Crippen molar-refractivity contribution >= 4 is 19.0 Å². The van der Waals surface area contributed by atoms with Crippen LogP contribution in [0.25, 0.3) is 0 Å². The monoisotopic (exact) mass is 297 g/mol. The predicted molar refractivity (Wildman–Crippen MR) is 78.2 cm³/mol. The molecule has 0 aromatic carbocycles. The first-order valence-electron chi connectivity index (χ1n) is 7.54. The van der Waals surface area contributed by atoms with Crippen LogP contribution in [0.3, 0.4) is 0 Å². The molecule has 8 heteroatoms. The Kier molecular flexibility index (Phi) is 4.90. The molecule has 0 aliphatic carbocycles. The van der Waals surface area contributed by atoms with Crippen LogP contribution in [0, 0.1) is 5.92 Å². The number of carbonyl (C=O) groups is 2. The summed E-state index contributed by atoms with van der Waals surface area (Å²) in [6, 6.07) is -0.592. The van der Waals surface area contributed by atoms with E-state index < -0.39 is 24.7 Å². The van der Waals surface area contributed by atoms with Crippen LogP contribution in [0.15, 0.2) is 0 Å². The number of hydrogen-bond donors (Lipinski definition) is 2. The Morgan fingerprint density at radius 2 is 2.38 bits per heavy atom. The molecular weight excluding hydrogens is 273 g/mol. The molecule has 2 rings (SSSR count). The molecule has 3 unspecified atom stereocenters. The first kappa shape index (κ1) is 16.3. The van der Waals surface area contributed by atoms with Gasteiger partial charge in [-0.3, -0.25) is 9.59 Å². The standard InChI is InChI=1S/C13H24BN3O4/c1-3-20-14-6-4-5-10-7-17(11(18)9(2)15)8-13(10,16)12(19)21-14/h9-10H,3-8,15-16H2,1-2H3. The number of hydrogen-bond acceptors (Lipinski definition) is 6. The van der Waals surface area contributed by atoms with Crippen molar-refractivity contribution < 1.29 is 18.9 Å². The molecule has 2 aliphatic heterocycles. The highest BCUT2D eigenvalue weighted by Crippen LogP contribution is 2.33. The zero-order valence-electron chi connectivity index (χ0n) is 12.7. The summed E-state index contributed by atoms with van der Waals surface area (Å²) in [5.41, 5.74) is 10.8. The first-order valence-corrected chi connectivity index (χ1v) is 7.54. The smallest absolute Gasteiger partial charge is 0.508 e. The van der Waals surface area contributed by atoms with Gasteiger partial charge in [-0.05, 0) is 26.6 Å². The lowest BCUT2D eigenvalue weighted by Crippen LogP contribution is -2.58. The van der Waals surface area contributed by atoms with E-state index >= 15 is 0 Å². The van der Waals surface area contributed by atoms with Crippen molar-refractivity contribution in [2.24, 2.45) is 17.4 Å². The summed E-state index contributed by atoms with van der Waals surface area (Å²) < 4.78 is 10.8. The molecule has 7 nitrogen and oxygen atoms in total. The summed E-state index contributed by atoms with van der Waals surface area (Å²) in [7, 11) is -0.540. The third-order valence-electron chi connectivity index (χ3n) is 4.29. The lowest BCUT2D eigenvalue weighted by molar-refractivity contribution is -0.143. The maximum absolute atomic E-state index is 12.4. The molecule has 0 aromatic rings. The van der Waals surface area contributed by atoms with Gasteiger partial charge in [-0.25, -0.2) is 0 Å². The summed E-state index contributed by atoms with van der Waals surface area (Å²) >= 11 is 0. The van der Waals surface area contributed by atoms with Crippen LogP contribution in [0.5, 0.6) is 0 Å². The fraction of sp³-hybridized carbons (Fsp3) is 0.846. The van der Waals surface area contributed by atoms with Crippen LogP contribution >= 0.6 is 0 Å². The second-order valence-corrected chi connectivity index (χ2v) is 5.97. The van der Waals surface area contributed by atoms with Gasteiger partial charge >= 0.3 is 13.1 Å². The highest BCUT2D eigenvalue weighted by Gasteiger charge is 2.53. The number of likely N-dealkylation sites (tertiary alicyclic amines) is 1. The summed E-state index contributed by atoms with van der Waals surface area (Å²) in [5, 5.41) is 0. The Morgan fingerprint density at radius 1 is 1.67 bits per heavy atom. The normalized spacial score (nSPS) is 31.2. The molecule has 4 N–H and O–H groups in total. The fourth-order valence-corrected chi connectivity index (χ4v) is 3.10. The van der Waals surface area contributed by atoms with Gasteiger partial charge in [0.05, 0.1) is 6.04 Å². The number of carbonyl (C=O) groups excluding carboxylic acids is 2. The van der Waals surface area contributed by atoms with Gasteiger partial charge in [0, 0.05) is 25.6 Å². The van der Waals surface area contributed by atoms with E-state index in [1.165, 1.54) is 0 Å². The van der Waals surface area contributed by atoms with Gasteiger partial charge < -0.3 is 25.7 Å². The lowest BCUT2D eigenvalue weighted by Gasteiger charge is -2.31. The molecule has 2 fully saturated rings. The summed E-state index contributed by atoms with van der Waals surface area (Å²) in [6.07, 6.45) is 2.28. The van der Waals surface area contributed by atoms with E-state index in [1.54, 1.807) is 11.8 Å². The topological polar surface area (TPSA) is 108 Å². The van der Waals surface area contributed by atoms with E-state index in [0.29, 0.717) is 19.5 Å². The van der Waals surface area contributed by atoms with E-state index in [4.69, 9.17) is 20.8 Å². The minimum Gasteiger partial charge on any atom is -0.508 e. The van der Waals surface area contributed by atoms with Crippen molar-refractivity contribution in [1.82, 2.24) is 4.90 Å². The van der Waals surface area contributed by atoms with Crippen LogP contribution < -0.4 is 11.5 Å². The third kappa shape index (κ3) is 3.22. The molecule has 21 heavy (non-hydrogen) atoms. The van der Waals surface area contributed by atoms with Crippen LogP contribution in [-0.4, -0.2) is 55.2 Å². The van der Waals surface area contributed by atoms with Crippen molar-refractivity contribution in [3.05, 3.63) is 0 Å². The van der Waals surface area contributed by atoms with E-state index in [9.17, 15) is 9.59 Å². The fourth-order valence-electron chi connectivity index (χ4n) is 3.10. The van der Waals surface area contributed by atoms with E-state index in [0.717, 1.165) is 12.8 Å². The number of rotatable bonds is 3. The second-order valence-electron chi connectivity index (χ2n) is 5.97. The Bertz CT molecular complexity index is 420. The van der Waals surface area contributed by atoms with Crippen LogP contribution in [0.1, 0.15) is 26.7 Å². The molecule has 118 valence electrons. The van der Waals surface area contributed by atoms with E-state index in [1.807, 2.05) is 6.92 Å². The van der Waals surface area contributed by atoms with Gasteiger partial charge in [0.2, 0.25) is 5.91 Å². The van der Waals surface area contributed by atoms with E-state index in [-0.39, 0.29) is 18.4 Å². The lowest BCUT2D eigenvalue weighted by atomic mass is 9.74. The SMILES string of the molecule is CCOB1CCCC2CN(C(=O)C(C)N)CC2(N)C(=O)O1. The largest absolute Gasteiger partial charge is 0.527 e. The van der Waals surface area contributed by atoms with Gasteiger partial charge in [0.1, 0.15) is 5.54 Å². The van der Waals surface area contributed by atoms with Gasteiger partial charge in [-0.2, -0.15) is 0 Å². The summed E-state index contributed by atoms with van der Waals surface area (Å²) in [4.78, 5) is 26.0. The molecule has 1 amide bonds. The number of fused-ring (bicyclic) bond motifs is 1.